The molecule has 4 fully saturated rings. The number of carbonyl (C=O) groups excluding carboxylic acids is 1. The topological polar surface area (TPSA) is 128 Å². The van der Waals surface area contributed by atoms with E-state index in [2.05, 4.69) is 20.6 Å². The first-order valence-electron chi connectivity index (χ1n) is 13.6. The molecule has 7 rings (SSSR count). The molecule has 0 atom stereocenters. The first-order valence-corrected chi connectivity index (χ1v) is 13.6. The van der Waals surface area contributed by atoms with Gasteiger partial charge in [-0.1, -0.05) is 42.5 Å². The summed E-state index contributed by atoms with van der Waals surface area (Å²) in [4.78, 5) is 21.3. The van der Waals surface area contributed by atoms with Gasteiger partial charge in [-0.2, -0.15) is 4.98 Å². The van der Waals surface area contributed by atoms with Gasteiger partial charge in [0, 0.05) is 17.8 Å². The average Bonchev–Trinajstić information content (AvgIpc) is 2.88. The molecule has 0 unspecified atom stereocenters. The van der Waals surface area contributed by atoms with E-state index in [1.807, 2.05) is 54.6 Å². The number of nitrogen functional groups attached to an aromatic ring is 2. The monoisotopic (exact) mass is 512 g/mol. The van der Waals surface area contributed by atoms with E-state index in [1.54, 1.807) is 0 Å². The Morgan fingerprint density at radius 1 is 0.895 bits per heavy atom. The maximum Gasteiger partial charge on any atom is 0.319 e. The smallest absolute Gasteiger partial charge is 0.319 e. The minimum absolute atomic E-state index is 0.110. The second-order valence-electron chi connectivity index (χ2n) is 11.6. The van der Waals surface area contributed by atoms with Gasteiger partial charge in [-0.05, 0) is 85.0 Å². The fourth-order valence-electron chi connectivity index (χ4n) is 7.47. The highest BCUT2D eigenvalue weighted by molar-refractivity contribution is 5.90. The quantitative estimate of drug-likeness (QED) is 0.322. The van der Waals surface area contributed by atoms with E-state index in [0.717, 1.165) is 35.4 Å². The van der Waals surface area contributed by atoms with E-state index < -0.39 is 0 Å². The zero-order chi connectivity index (χ0) is 26.1. The Balaban J connectivity index is 1.08. The summed E-state index contributed by atoms with van der Waals surface area (Å²) in [7, 11) is 0. The van der Waals surface area contributed by atoms with E-state index in [9.17, 15) is 4.79 Å². The lowest BCUT2D eigenvalue weighted by molar-refractivity contribution is -0.0496. The number of nitrogens with two attached hydrogens (primary N) is 2. The molecule has 2 aromatic carbocycles. The summed E-state index contributed by atoms with van der Waals surface area (Å²) in [5.74, 6) is 3.02. The third kappa shape index (κ3) is 5.31. The third-order valence-electron chi connectivity index (χ3n) is 8.60. The molecule has 3 aromatic rings. The van der Waals surface area contributed by atoms with Crippen molar-refractivity contribution < 1.29 is 9.53 Å². The van der Waals surface area contributed by atoms with Gasteiger partial charge in [0.05, 0.1) is 18.9 Å². The fraction of sp³-hybridized carbons (Fsp3) is 0.433. The van der Waals surface area contributed by atoms with Crippen molar-refractivity contribution in [1.82, 2.24) is 15.3 Å². The van der Waals surface area contributed by atoms with E-state index in [-0.39, 0.29) is 18.6 Å². The van der Waals surface area contributed by atoms with Gasteiger partial charge in [0.1, 0.15) is 5.82 Å². The van der Waals surface area contributed by atoms with Crippen molar-refractivity contribution in [2.45, 2.75) is 51.7 Å². The summed E-state index contributed by atoms with van der Waals surface area (Å²) in [5.41, 5.74) is 16.4. The maximum atomic E-state index is 12.7. The lowest BCUT2D eigenvalue weighted by atomic mass is 9.49. The molecular weight excluding hydrogens is 476 g/mol. The van der Waals surface area contributed by atoms with Gasteiger partial charge in [0.2, 0.25) is 5.95 Å². The zero-order valence-corrected chi connectivity index (χ0v) is 21.7. The zero-order valence-electron chi connectivity index (χ0n) is 21.7. The summed E-state index contributed by atoms with van der Waals surface area (Å²) < 4.78 is 5.90. The summed E-state index contributed by atoms with van der Waals surface area (Å²) in [5, 5.41) is 6.16. The predicted molar refractivity (Wildman–Crippen MR) is 149 cm³/mol. The number of amides is 2. The van der Waals surface area contributed by atoms with E-state index in [1.165, 1.54) is 38.5 Å². The van der Waals surface area contributed by atoms with Crippen LogP contribution >= 0.6 is 0 Å². The third-order valence-corrected chi connectivity index (χ3v) is 8.60. The minimum atomic E-state index is -0.154. The number of nitrogens with one attached hydrogen (secondary N) is 2. The van der Waals surface area contributed by atoms with Gasteiger partial charge in [0.15, 0.2) is 0 Å². The summed E-state index contributed by atoms with van der Waals surface area (Å²) in [6.07, 6.45) is 8.04. The van der Waals surface area contributed by atoms with Crippen LogP contribution in [0, 0.1) is 23.2 Å². The highest BCUT2D eigenvalue weighted by Crippen LogP contribution is 2.59. The number of hydrogen-bond acceptors (Lipinski definition) is 6. The van der Waals surface area contributed by atoms with Crippen molar-refractivity contribution in [3.63, 3.8) is 0 Å². The molecule has 4 bridgehead atoms. The Kier molecular flexibility index (Phi) is 6.66. The van der Waals surface area contributed by atoms with Gasteiger partial charge < -0.3 is 26.8 Å². The predicted octanol–water partition coefficient (Wildman–Crippen LogP) is 5.36. The second kappa shape index (κ2) is 10.3. The lowest BCUT2D eigenvalue weighted by Gasteiger charge is -2.56. The Morgan fingerprint density at radius 2 is 1.55 bits per heavy atom. The van der Waals surface area contributed by atoms with Crippen LogP contribution in [0.25, 0.3) is 11.1 Å². The standard InChI is InChI=1S/C30H36N6O2/c31-27-26(25(35-28(32)36-27)17-38-16-19-4-2-1-3-5-19)23-6-8-24(9-7-23)34-29(37)33-18-30-13-20-10-21(14-30)12-22(11-20)15-30/h1-9,20-22H,10-18H2,(H2,33,34,37)(H4,31,32,35,36). The molecule has 2 amide bonds. The van der Waals surface area contributed by atoms with Gasteiger partial charge in [-0.25, -0.2) is 9.78 Å². The summed E-state index contributed by atoms with van der Waals surface area (Å²) in [6, 6.07) is 17.3. The summed E-state index contributed by atoms with van der Waals surface area (Å²) in [6.45, 7) is 1.46. The van der Waals surface area contributed by atoms with E-state index >= 15 is 0 Å². The number of nitrogens with zero attached hydrogens (tertiary/aromatic N) is 2. The average molecular weight is 513 g/mol. The Morgan fingerprint density at radius 3 is 2.21 bits per heavy atom. The van der Waals surface area contributed by atoms with Crippen LogP contribution < -0.4 is 22.1 Å². The van der Waals surface area contributed by atoms with Crippen LogP contribution in [0.4, 0.5) is 22.2 Å². The molecule has 4 aliphatic rings. The molecule has 4 aliphatic carbocycles. The molecule has 0 radical (unpaired) electrons. The van der Waals surface area contributed by atoms with Crippen molar-refractivity contribution in [3.05, 3.63) is 65.9 Å². The van der Waals surface area contributed by atoms with Crippen LogP contribution in [0.1, 0.15) is 49.8 Å². The van der Waals surface area contributed by atoms with Crippen molar-refractivity contribution in [2.24, 2.45) is 23.2 Å². The van der Waals surface area contributed by atoms with Gasteiger partial charge in [0.25, 0.3) is 0 Å². The van der Waals surface area contributed by atoms with Gasteiger partial charge in [-0.15, -0.1) is 0 Å². The van der Waals surface area contributed by atoms with Gasteiger partial charge in [-0.3, -0.25) is 0 Å². The van der Waals surface area contributed by atoms with Crippen molar-refractivity contribution in [2.75, 3.05) is 23.3 Å². The molecule has 1 aromatic heterocycles. The van der Waals surface area contributed by atoms with Crippen LogP contribution in [-0.2, 0) is 18.0 Å². The van der Waals surface area contributed by atoms with E-state index in [4.69, 9.17) is 16.2 Å². The normalized spacial score (nSPS) is 25.3. The molecule has 4 saturated carbocycles. The summed E-state index contributed by atoms with van der Waals surface area (Å²) >= 11 is 0. The molecule has 6 N–H and O–H groups in total. The SMILES string of the molecule is Nc1nc(N)c(-c2ccc(NC(=O)NCC34CC5CC(CC(C5)C3)C4)cc2)c(COCc2ccccc2)n1. The number of carbonyl (C=O) groups is 1. The number of ether oxygens (including phenoxy) is 1. The van der Waals surface area contributed by atoms with Crippen molar-refractivity contribution in [3.8, 4) is 11.1 Å². The molecule has 0 spiro atoms. The Hall–Kier alpha value is -3.65. The highest BCUT2D eigenvalue weighted by atomic mass is 16.5. The van der Waals surface area contributed by atoms with E-state index in [0.29, 0.717) is 34.8 Å². The second-order valence-corrected chi connectivity index (χ2v) is 11.6. The molecular formula is C30H36N6O2. The molecule has 198 valence electrons. The largest absolute Gasteiger partial charge is 0.383 e. The minimum Gasteiger partial charge on any atom is -0.383 e. The van der Waals surface area contributed by atoms with Crippen LogP contribution in [0.5, 0.6) is 0 Å². The molecule has 38 heavy (non-hydrogen) atoms. The number of hydrogen-bond donors (Lipinski definition) is 4. The lowest BCUT2D eigenvalue weighted by Crippen LogP contribution is -2.51. The first kappa shape index (κ1) is 24.7. The molecule has 8 heteroatoms. The highest BCUT2D eigenvalue weighted by Gasteiger charge is 2.50. The fourth-order valence-corrected chi connectivity index (χ4v) is 7.47. The van der Waals surface area contributed by atoms with Crippen molar-refractivity contribution >= 4 is 23.5 Å². The molecule has 8 nitrogen and oxygen atoms in total. The number of aromatic nitrogens is 2. The number of anilines is 3. The Labute approximate surface area is 223 Å². The number of rotatable bonds is 8. The van der Waals surface area contributed by atoms with Crippen LogP contribution in [0.2, 0.25) is 0 Å². The number of benzene rings is 2. The van der Waals surface area contributed by atoms with Crippen LogP contribution in [-0.4, -0.2) is 22.5 Å². The molecule has 1 heterocycles. The van der Waals surface area contributed by atoms with Crippen LogP contribution in [0.3, 0.4) is 0 Å². The van der Waals surface area contributed by atoms with Crippen LogP contribution in [0.15, 0.2) is 54.6 Å². The maximum absolute atomic E-state index is 12.7. The van der Waals surface area contributed by atoms with Crippen molar-refractivity contribution in [1.29, 1.82) is 0 Å². The Bertz CT molecular complexity index is 1260. The first-order chi connectivity index (χ1) is 18.4. The van der Waals surface area contributed by atoms with Gasteiger partial charge >= 0.3 is 6.03 Å². The number of urea groups is 1. The molecule has 0 saturated heterocycles. The molecule has 0 aliphatic heterocycles.